The summed E-state index contributed by atoms with van der Waals surface area (Å²) in [5.41, 5.74) is 0.656. The van der Waals surface area contributed by atoms with Crippen LogP contribution in [0.15, 0.2) is 23.2 Å². The third kappa shape index (κ3) is 5.61. The minimum Gasteiger partial charge on any atom is -0.497 e. The summed E-state index contributed by atoms with van der Waals surface area (Å²) in [6, 6.07) is 4.93. The second-order valence-electron chi connectivity index (χ2n) is 4.81. The quantitative estimate of drug-likeness (QED) is 0.579. The molecule has 6 nitrogen and oxygen atoms in total. The average Bonchev–Trinajstić information content (AvgIpc) is 3.30. The number of hydrogen-bond donors (Lipinski definition) is 3. The van der Waals surface area contributed by atoms with Crippen molar-refractivity contribution in [3.05, 3.63) is 23.2 Å². The van der Waals surface area contributed by atoms with Crippen LogP contribution in [-0.2, 0) is 0 Å². The second-order valence-corrected chi connectivity index (χ2v) is 5.21. The minimum atomic E-state index is -0.332. The van der Waals surface area contributed by atoms with Crippen LogP contribution in [0.3, 0.4) is 0 Å². The lowest BCUT2D eigenvalue weighted by Crippen LogP contribution is -2.41. The highest BCUT2D eigenvalue weighted by Crippen LogP contribution is 2.29. The number of aliphatic imine (C=N–C) groups is 1. The summed E-state index contributed by atoms with van der Waals surface area (Å²) in [6.07, 6.45) is 2.39. The number of amides is 2. The highest BCUT2D eigenvalue weighted by molar-refractivity contribution is 6.34. The number of rotatable bonds is 4. The number of halogens is 2. The fourth-order valence-corrected chi connectivity index (χ4v) is 1.87. The van der Waals surface area contributed by atoms with Gasteiger partial charge in [-0.1, -0.05) is 11.6 Å². The van der Waals surface area contributed by atoms with Gasteiger partial charge in [0.05, 0.1) is 17.8 Å². The molecule has 1 aromatic rings. The molecule has 0 aromatic heterocycles. The molecule has 0 radical (unpaired) electrons. The number of methoxy groups -OCH3 is 1. The molecule has 0 atom stereocenters. The molecule has 122 valence electrons. The van der Waals surface area contributed by atoms with E-state index in [1.165, 1.54) is 12.8 Å². The molecule has 8 heteroatoms. The first-order chi connectivity index (χ1) is 10.1. The number of carbonyl (C=O) groups is 1. The fraction of sp³-hybridized carbons (Fsp3) is 0.429. The van der Waals surface area contributed by atoms with Crippen LogP contribution in [0.25, 0.3) is 0 Å². The lowest BCUT2D eigenvalue weighted by Gasteiger charge is -2.13. The van der Waals surface area contributed by atoms with Crippen LogP contribution in [0.1, 0.15) is 12.8 Å². The predicted octanol–water partition coefficient (Wildman–Crippen LogP) is 2.88. The van der Waals surface area contributed by atoms with Gasteiger partial charge in [0.2, 0.25) is 5.96 Å². The largest absolute Gasteiger partial charge is 0.497 e. The summed E-state index contributed by atoms with van der Waals surface area (Å²) in [4.78, 5) is 15.9. The molecular formula is C14H20Cl2N4O2. The van der Waals surface area contributed by atoms with Gasteiger partial charge in [-0.05, 0) is 30.9 Å². The zero-order valence-electron chi connectivity index (χ0n) is 12.5. The number of carbonyl (C=O) groups excluding carboxylic acids is 1. The smallest absolute Gasteiger partial charge is 0.321 e. The molecule has 2 amide bonds. The van der Waals surface area contributed by atoms with Crippen molar-refractivity contribution in [1.82, 2.24) is 10.6 Å². The maximum atomic E-state index is 11.5. The van der Waals surface area contributed by atoms with E-state index < -0.39 is 0 Å². The SMILES string of the molecule is CNC(=O)NC(=NCC1CC1)Nc1ccc(OC)cc1Cl.Cl. The van der Waals surface area contributed by atoms with Crippen LogP contribution in [-0.4, -0.2) is 32.7 Å². The van der Waals surface area contributed by atoms with Crippen LogP contribution in [0, 0.1) is 5.92 Å². The van der Waals surface area contributed by atoms with Gasteiger partial charge in [-0.2, -0.15) is 0 Å². The molecule has 0 aliphatic heterocycles. The zero-order chi connectivity index (χ0) is 15.2. The molecular weight excluding hydrogens is 327 g/mol. The molecule has 0 heterocycles. The summed E-state index contributed by atoms with van der Waals surface area (Å²) in [5, 5.41) is 8.68. The standard InChI is InChI=1S/C14H19ClN4O2.ClH/c1-16-14(20)19-13(17-8-9-3-4-9)18-12-6-5-10(21-2)7-11(12)15;/h5-7,9H,3-4,8H2,1-2H3,(H3,16,17,18,19,20);1H. The van der Waals surface area contributed by atoms with Crippen LogP contribution in [0.4, 0.5) is 10.5 Å². The number of nitrogens with zero attached hydrogens (tertiary/aromatic N) is 1. The van der Waals surface area contributed by atoms with Gasteiger partial charge in [0, 0.05) is 19.7 Å². The van der Waals surface area contributed by atoms with E-state index in [0.717, 1.165) is 0 Å². The third-order valence-corrected chi connectivity index (χ3v) is 3.41. The first kappa shape index (κ1) is 18.4. The molecule has 1 aliphatic carbocycles. The lowest BCUT2D eigenvalue weighted by atomic mass is 10.3. The highest BCUT2D eigenvalue weighted by Gasteiger charge is 2.21. The number of anilines is 1. The summed E-state index contributed by atoms with van der Waals surface area (Å²) in [6.45, 7) is 0.695. The molecule has 0 unspecified atom stereocenters. The van der Waals surface area contributed by atoms with Gasteiger partial charge < -0.3 is 15.4 Å². The van der Waals surface area contributed by atoms with Crippen LogP contribution >= 0.6 is 24.0 Å². The summed E-state index contributed by atoms with van der Waals surface area (Å²) in [5.74, 6) is 1.68. The lowest BCUT2D eigenvalue weighted by molar-refractivity contribution is 0.247. The van der Waals surface area contributed by atoms with Crippen molar-refractivity contribution in [2.45, 2.75) is 12.8 Å². The Morgan fingerprint density at radius 1 is 1.45 bits per heavy atom. The molecule has 0 spiro atoms. The van der Waals surface area contributed by atoms with Crippen molar-refractivity contribution in [1.29, 1.82) is 0 Å². The monoisotopic (exact) mass is 346 g/mol. The Bertz CT molecular complexity index is 548. The van der Waals surface area contributed by atoms with Crippen molar-refractivity contribution < 1.29 is 9.53 Å². The van der Waals surface area contributed by atoms with Crippen molar-refractivity contribution in [2.24, 2.45) is 10.9 Å². The molecule has 0 bridgehead atoms. The van der Waals surface area contributed by atoms with Crippen LogP contribution in [0.2, 0.25) is 5.02 Å². The van der Waals surface area contributed by atoms with Crippen molar-refractivity contribution in [3.8, 4) is 5.75 Å². The minimum absolute atomic E-state index is 0. The molecule has 1 aromatic carbocycles. The Morgan fingerprint density at radius 2 is 2.18 bits per heavy atom. The van der Waals surface area contributed by atoms with Gasteiger partial charge in [0.1, 0.15) is 5.75 Å². The summed E-state index contributed by atoms with van der Waals surface area (Å²) >= 11 is 6.17. The van der Waals surface area contributed by atoms with E-state index in [4.69, 9.17) is 16.3 Å². The fourth-order valence-electron chi connectivity index (χ4n) is 1.65. The number of hydrogen-bond acceptors (Lipinski definition) is 3. The summed E-state index contributed by atoms with van der Waals surface area (Å²) in [7, 11) is 3.13. The van der Waals surface area contributed by atoms with Crippen molar-refractivity contribution in [3.63, 3.8) is 0 Å². The highest BCUT2D eigenvalue weighted by atomic mass is 35.5. The van der Waals surface area contributed by atoms with Crippen molar-refractivity contribution in [2.75, 3.05) is 26.0 Å². The molecule has 22 heavy (non-hydrogen) atoms. The van der Waals surface area contributed by atoms with E-state index >= 15 is 0 Å². The third-order valence-electron chi connectivity index (χ3n) is 3.09. The Morgan fingerprint density at radius 3 is 2.73 bits per heavy atom. The van der Waals surface area contributed by atoms with Crippen LogP contribution in [0.5, 0.6) is 5.75 Å². The van der Waals surface area contributed by atoms with E-state index in [0.29, 0.717) is 34.9 Å². The van der Waals surface area contributed by atoms with Gasteiger partial charge in [0.15, 0.2) is 0 Å². The molecule has 0 saturated heterocycles. The van der Waals surface area contributed by atoms with E-state index in [1.807, 2.05) is 0 Å². The maximum Gasteiger partial charge on any atom is 0.321 e. The van der Waals surface area contributed by atoms with Gasteiger partial charge in [-0.15, -0.1) is 12.4 Å². The second kappa shape index (κ2) is 8.70. The molecule has 2 rings (SSSR count). The molecule has 1 fully saturated rings. The average molecular weight is 347 g/mol. The Hall–Kier alpha value is -1.66. The van der Waals surface area contributed by atoms with Gasteiger partial charge in [0.25, 0.3) is 0 Å². The maximum absolute atomic E-state index is 11.5. The van der Waals surface area contributed by atoms with E-state index in [-0.39, 0.29) is 18.4 Å². The zero-order valence-corrected chi connectivity index (χ0v) is 14.1. The first-order valence-corrected chi connectivity index (χ1v) is 7.14. The van der Waals surface area contributed by atoms with Crippen molar-refractivity contribution >= 4 is 41.7 Å². The normalized spacial score (nSPS) is 13.9. The Balaban J connectivity index is 0.00000242. The Labute approximate surface area is 141 Å². The number of nitrogens with one attached hydrogen (secondary N) is 3. The number of benzene rings is 1. The van der Waals surface area contributed by atoms with Crippen LogP contribution < -0.4 is 20.7 Å². The topological polar surface area (TPSA) is 74.8 Å². The van der Waals surface area contributed by atoms with Gasteiger partial charge >= 0.3 is 6.03 Å². The van der Waals surface area contributed by atoms with Gasteiger partial charge in [-0.3, -0.25) is 10.3 Å². The van der Waals surface area contributed by atoms with Gasteiger partial charge in [-0.25, -0.2) is 4.79 Å². The first-order valence-electron chi connectivity index (χ1n) is 6.76. The van der Waals surface area contributed by atoms with E-state index in [2.05, 4.69) is 20.9 Å². The van der Waals surface area contributed by atoms with E-state index in [1.54, 1.807) is 32.4 Å². The summed E-state index contributed by atoms with van der Waals surface area (Å²) < 4.78 is 5.10. The number of guanidine groups is 1. The Kier molecular flexibility index (Phi) is 7.27. The molecule has 1 saturated carbocycles. The predicted molar refractivity (Wildman–Crippen MR) is 91.5 cm³/mol. The number of urea groups is 1. The number of ether oxygens (including phenoxy) is 1. The molecule has 3 N–H and O–H groups in total. The molecule has 1 aliphatic rings. The van der Waals surface area contributed by atoms with E-state index in [9.17, 15) is 4.79 Å².